The van der Waals surface area contributed by atoms with E-state index in [2.05, 4.69) is 48.5 Å². The third-order valence-corrected chi connectivity index (χ3v) is 4.69. The van der Waals surface area contributed by atoms with Crippen LogP contribution in [-0.2, 0) is 5.41 Å². The van der Waals surface area contributed by atoms with Gasteiger partial charge in [0.25, 0.3) is 5.91 Å². The van der Waals surface area contributed by atoms with Gasteiger partial charge in [0.2, 0.25) is 0 Å². The number of carbonyl (C=O) groups excluding carboxylic acids is 1. The molecule has 0 aliphatic heterocycles. The number of nitrogens with one attached hydrogen (secondary N) is 2. The highest BCUT2D eigenvalue weighted by Gasteiger charge is 2.14. The lowest BCUT2D eigenvalue weighted by molar-refractivity contribution is 0.0939. The number of aromatic nitrogens is 1. The molecule has 144 valence electrons. The van der Waals surface area contributed by atoms with Crippen LogP contribution >= 0.6 is 0 Å². The smallest absolute Gasteiger partial charge is 0.253 e. The van der Waals surface area contributed by atoms with E-state index >= 15 is 0 Å². The second kappa shape index (κ2) is 8.26. The van der Waals surface area contributed by atoms with E-state index in [1.54, 1.807) is 12.4 Å². The van der Waals surface area contributed by atoms with E-state index in [1.165, 1.54) is 5.56 Å². The number of carbonyl (C=O) groups is 1. The third-order valence-electron chi connectivity index (χ3n) is 4.69. The second-order valence-corrected chi connectivity index (χ2v) is 8.02. The maximum atomic E-state index is 12.6. The van der Waals surface area contributed by atoms with E-state index in [4.69, 9.17) is 0 Å². The van der Waals surface area contributed by atoms with E-state index in [0.29, 0.717) is 5.56 Å². The van der Waals surface area contributed by atoms with Gasteiger partial charge in [-0.2, -0.15) is 0 Å². The highest BCUT2D eigenvalue weighted by atomic mass is 16.1. The minimum absolute atomic E-state index is 0.0738. The Bertz CT molecular complexity index is 928. The minimum atomic E-state index is -0.143. The predicted molar refractivity (Wildman–Crippen MR) is 115 cm³/mol. The van der Waals surface area contributed by atoms with Gasteiger partial charge in [-0.3, -0.25) is 9.78 Å². The summed E-state index contributed by atoms with van der Waals surface area (Å²) in [7, 11) is 0. The van der Waals surface area contributed by atoms with Crippen molar-refractivity contribution in [2.75, 3.05) is 5.32 Å². The Morgan fingerprint density at radius 2 is 1.61 bits per heavy atom. The molecule has 2 aromatic carbocycles. The van der Waals surface area contributed by atoms with Crippen LogP contribution in [0.4, 0.5) is 11.4 Å². The molecule has 0 saturated heterocycles. The Balaban J connectivity index is 1.69. The van der Waals surface area contributed by atoms with Gasteiger partial charge in [0.1, 0.15) is 0 Å². The third kappa shape index (κ3) is 4.97. The number of benzene rings is 2. The van der Waals surface area contributed by atoms with Gasteiger partial charge in [-0.1, -0.05) is 63.2 Å². The lowest BCUT2D eigenvalue weighted by Gasteiger charge is -2.19. The number of nitrogens with zero attached hydrogens (tertiary/aromatic N) is 1. The molecule has 0 aliphatic rings. The van der Waals surface area contributed by atoms with Gasteiger partial charge in [-0.25, -0.2) is 0 Å². The monoisotopic (exact) mass is 373 g/mol. The van der Waals surface area contributed by atoms with Crippen molar-refractivity contribution in [1.82, 2.24) is 10.3 Å². The maximum absolute atomic E-state index is 12.6. The molecule has 3 aromatic rings. The SMILES string of the molecule is CC(NC(=O)c1cncc(Nc2ccc(C(C)(C)C)cc2)c1)c1ccccc1. The van der Waals surface area contributed by atoms with Gasteiger partial charge in [-0.05, 0) is 41.7 Å². The Morgan fingerprint density at radius 1 is 0.929 bits per heavy atom. The van der Waals surface area contributed by atoms with Crippen LogP contribution in [0.5, 0.6) is 0 Å². The summed E-state index contributed by atoms with van der Waals surface area (Å²) in [5.74, 6) is -0.143. The molecule has 0 radical (unpaired) electrons. The maximum Gasteiger partial charge on any atom is 0.253 e. The highest BCUT2D eigenvalue weighted by molar-refractivity contribution is 5.95. The molecule has 28 heavy (non-hydrogen) atoms. The van der Waals surface area contributed by atoms with Gasteiger partial charge in [0.15, 0.2) is 0 Å². The van der Waals surface area contributed by atoms with Crippen molar-refractivity contribution >= 4 is 17.3 Å². The predicted octanol–water partition coefficient (Wildman–Crippen LogP) is 5.61. The van der Waals surface area contributed by atoms with Gasteiger partial charge >= 0.3 is 0 Å². The van der Waals surface area contributed by atoms with Crippen molar-refractivity contribution in [3.63, 3.8) is 0 Å². The molecule has 4 heteroatoms. The van der Waals surface area contributed by atoms with Crippen LogP contribution < -0.4 is 10.6 Å². The topological polar surface area (TPSA) is 54.0 Å². The molecule has 1 heterocycles. The van der Waals surface area contributed by atoms with Crippen LogP contribution in [0.25, 0.3) is 0 Å². The van der Waals surface area contributed by atoms with Crippen molar-refractivity contribution in [3.8, 4) is 0 Å². The molecule has 2 N–H and O–H groups in total. The molecule has 4 nitrogen and oxygen atoms in total. The fourth-order valence-corrected chi connectivity index (χ4v) is 2.96. The van der Waals surface area contributed by atoms with Crippen LogP contribution in [0.15, 0.2) is 73.1 Å². The first kappa shape index (κ1) is 19.6. The summed E-state index contributed by atoms with van der Waals surface area (Å²) in [4.78, 5) is 16.8. The molecule has 0 fully saturated rings. The Hall–Kier alpha value is -3.14. The zero-order chi connectivity index (χ0) is 20.1. The van der Waals surface area contributed by atoms with Crippen LogP contribution in [0, 0.1) is 0 Å². The standard InChI is InChI=1S/C24H27N3O/c1-17(18-8-6-5-7-9-18)26-23(28)19-14-22(16-25-15-19)27-21-12-10-20(11-13-21)24(2,3)4/h5-17,27H,1-4H3,(H,26,28). The highest BCUT2D eigenvalue weighted by Crippen LogP contribution is 2.25. The van der Waals surface area contributed by atoms with Crippen molar-refractivity contribution in [3.05, 3.63) is 89.7 Å². The summed E-state index contributed by atoms with van der Waals surface area (Å²) in [6, 6.07) is 20.0. The molecular weight excluding hydrogens is 346 g/mol. The van der Waals surface area contributed by atoms with Crippen molar-refractivity contribution in [2.45, 2.75) is 39.2 Å². The molecule has 0 aliphatic carbocycles. The fourth-order valence-electron chi connectivity index (χ4n) is 2.96. The molecule has 1 atom stereocenters. The number of pyridine rings is 1. The molecule has 1 unspecified atom stereocenters. The number of rotatable bonds is 5. The summed E-state index contributed by atoms with van der Waals surface area (Å²) in [6.45, 7) is 8.55. The first-order valence-corrected chi connectivity index (χ1v) is 9.51. The zero-order valence-electron chi connectivity index (χ0n) is 16.9. The Kier molecular flexibility index (Phi) is 5.78. The summed E-state index contributed by atoms with van der Waals surface area (Å²) < 4.78 is 0. The average molecular weight is 374 g/mol. The zero-order valence-corrected chi connectivity index (χ0v) is 16.9. The van der Waals surface area contributed by atoms with Crippen molar-refractivity contribution in [1.29, 1.82) is 0 Å². The van der Waals surface area contributed by atoms with E-state index < -0.39 is 0 Å². The summed E-state index contributed by atoms with van der Waals surface area (Å²) in [5, 5.41) is 6.34. The van der Waals surface area contributed by atoms with Crippen LogP contribution in [0.1, 0.15) is 55.2 Å². The molecule has 0 saturated carbocycles. The lowest BCUT2D eigenvalue weighted by atomic mass is 9.87. The largest absolute Gasteiger partial charge is 0.354 e. The van der Waals surface area contributed by atoms with Crippen molar-refractivity contribution < 1.29 is 4.79 Å². The second-order valence-electron chi connectivity index (χ2n) is 8.02. The molecule has 1 amide bonds. The Morgan fingerprint density at radius 3 is 2.25 bits per heavy atom. The van der Waals surface area contributed by atoms with Gasteiger partial charge in [0, 0.05) is 11.9 Å². The average Bonchev–Trinajstić information content (AvgIpc) is 2.68. The molecule has 3 rings (SSSR count). The van der Waals surface area contributed by atoms with E-state index in [-0.39, 0.29) is 17.4 Å². The summed E-state index contributed by atoms with van der Waals surface area (Å²) >= 11 is 0. The summed E-state index contributed by atoms with van der Waals surface area (Å²) in [5.41, 5.74) is 4.73. The number of hydrogen-bond acceptors (Lipinski definition) is 3. The number of amides is 1. The van der Waals surface area contributed by atoms with Crippen LogP contribution in [0.3, 0.4) is 0 Å². The van der Waals surface area contributed by atoms with Gasteiger partial charge in [0.05, 0.1) is 23.5 Å². The van der Waals surface area contributed by atoms with E-state index in [1.807, 2.05) is 55.5 Å². The minimum Gasteiger partial charge on any atom is -0.354 e. The fraction of sp³-hybridized carbons (Fsp3) is 0.250. The molecule has 0 spiro atoms. The molecule has 0 bridgehead atoms. The summed E-state index contributed by atoms with van der Waals surface area (Å²) in [6.07, 6.45) is 3.30. The normalized spacial score (nSPS) is 12.3. The van der Waals surface area contributed by atoms with Crippen LogP contribution in [0.2, 0.25) is 0 Å². The number of hydrogen-bond donors (Lipinski definition) is 2. The quantitative estimate of drug-likeness (QED) is 0.611. The lowest BCUT2D eigenvalue weighted by Crippen LogP contribution is -2.26. The number of anilines is 2. The first-order chi connectivity index (χ1) is 13.3. The first-order valence-electron chi connectivity index (χ1n) is 9.51. The van der Waals surface area contributed by atoms with E-state index in [9.17, 15) is 4.79 Å². The Labute approximate surface area is 167 Å². The van der Waals surface area contributed by atoms with Gasteiger partial charge in [-0.15, -0.1) is 0 Å². The van der Waals surface area contributed by atoms with Crippen LogP contribution in [-0.4, -0.2) is 10.9 Å². The van der Waals surface area contributed by atoms with Gasteiger partial charge < -0.3 is 10.6 Å². The van der Waals surface area contributed by atoms with Crippen molar-refractivity contribution in [2.24, 2.45) is 0 Å². The van der Waals surface area contributed by atoms with E-state index in [0.717, 1.165) is 16.9 Å². The molecular formula is C24H27N3O. The molecule has 1 aromatic heterocycles.